The van der Waals surface area contributed by atoms with Crippen molar-refractivity contribution in [3.63, 3.8) is 0 Å². The van der Waals surface area contributed by atoms with Crippen LogP contribution < -0.4 is 11.3 Å². The number of fused-ring (bicyclic) bond motifs is 1. The van der Waals surface area contributed by atoms with Crippen LogP contribution in [-0.2, 0) is 0 Å². The van der Waals surface area contributed by atoms with Crippen LogP contribution in [-0.4, -0.2) is 4.98 Å². The molecule has 1 aliphatic rings. The number of pyridine rings is 1. The standard InChI is InChI=1S/C12H10F3N3/c13-6-3-7(14)11(15)12-10(6)9(18-16)4-8(17-12)5-1-2-5/h3-5H,1-2,16H2,(H,17,18). The van der Waals surface area contributed by atoms with E-state index in [0.29, 0.717) is 11.8 Å². The predicted molar refractivity (Wildman–Crippen MR) is 61.4 cm³/mol. The molecule has 0 atom stereocenters. The van der Waals surface area contributed by atoms with E-state index in [9.17, 15) is 13.2 Å². The van der Waals surface area contributed by atoms with E-state index in [-0.39, 0.29) is 22.5 Å². The van der Waals surface area contributed by atoms with Crippen molar-refractivity contribution in [2.24, 2.45) is 5.84 Å². The Hall–Kier alpha value is -1.82. The molecule has 6 heteroatoms. The Labute approximate surface area is 101 Å². The highest BCUT2D eigenvalue weighted by Crippen LogP contribution is 2.41. The number of nitrogens with two attached hydrogens (primary N) is 1. The summed E-state index contributed by atoms with van der Waals surface area (Å²) in [5.74, 6) is 2.25. The lowest BCUT2D eigenvalue weighted by Crippen LogP contribution is -2.10. The van der Waals surface area contributed by atoms with E-state index in [4.69, 9.17) is 5.84 Å². The van der Waals surface area contributed by atoms with Crippen LogP contribution in [0.4, 0.5) is 18.9 Å². The SMILES string of the molecule is NNc1cc(C2CC2)nc2c(F)c(F)cc(F)c12. The van der Waals surface area contributed by atoms with Gasteiger partial charge in [0.05, 0.1) is 11.1 Å². The Kier molecular flexibility index (Phi) is 2.41. The Morgan fingerprint density at radius 3 is 2.50 bits per heavy atom. The summed E-state index contributed by atoms with van der Waals surface area (Å²) in [5.41, 5.74) is 2.83. The molecule has 0 saturated heterocycles. The van der Waals surface area contributed by atoms with Gasteiger partial charge in [0.15, 0.2) is 11.6 Å². The number of nitrogens with one attached hydrogen (secondary N) is 1. The number of nitrogens with zero attached hydrogens (tertiary/aromatic N) is 1. The Morgan fingerprint density at radius 2 is 1.89 bits per heavy atom. The summed E-state index contributed by atoms with van der Waals surface area (Å²) in [5, 5.41) is -0.124. The van der Waals surface area contributed by atoms with Gasteiger partial charge in [0.2, 0.25) is 0 Å². The minimum Gasteiger partial charge on any atom is -0.323 e. The molecule has 3 rings (SSSR count). The topological polar surface area (TPSA) is 50.9 Å². The van der Waals surface area contributed by atoms with Gasteiger partial charge in [0.1, 0.15) is 11.3 Å². The molecular formula is C12H10F3N3. The number of halogens is 3. The third-order valence-corrected chi connectivity index (χ3v) is 3.10. The van der Waals surface area contributed by atoms with Crippen molar-refractivity contribution in [2.75, 3.05) is 5.43 Å². The molecule has 1 aromatic heterocycles. The van der Waals surface area contributed by atoms with Gasteiger partial charge in [-0.25, -0.2) is 18.2 Å². The summed E-state index contributed by atoms with van der Waals surface area (Å²) in [7, 11) is 0. The lowest BCUT2D eigenvalue weighted by Gasteiger charge is -2.10. The molecule has 0 amide bonds. The van der Waals surface area contributed by atoms with Crippen molar-refractivity contribution >= 4 is 16.6 Å². The molecule has 0 spiro atoms. The second-order valence-electron chi connectivity index (χ2n) is 4.39. The number of nitrogen functional groups attached to an aromatic ring is 1. The first-order valence-electron chi connectivity index (χ1n) is 5.56. The van der Waals surface area contributed by atoms with Gasteiger partial charge < -0.3 is 5.43 Å². The van der Waals surface area contributed by atoms with Crippen LogP contribution in [0.2, 0.25) is 0 Å². The second kappa shape index (κ2) is 3.84. The van der Waals surface area contributed by atoms with Gasteiger partial charge >= 0.3 is 0 Å². The molecule has 3 N–H and O–H groups in total. The fourth-order valence-corrected chi connectivity index (χ4v) is 2.03. The fourth-order valence-electron chi connectivity index (χ4n) is 2.03. The van der Waals surface area contributed by atoms with Crippen molar-refractivity contribution in [3.8, 4) is 0 Å². The number of aromatic nitrogens is 1. The van der Waals surface area contributed by atoms with Crippen molar-refractivity contribution < 1.29 is 13.2 Å². The van der Waals surface area contributed by atoms with E-state index in [0.717, 1.165) is 12.8 Å². The van der Waals surface area contributed by atoms with Crippen molar-refractivity contribution in [2.45, 2.75) is 18.8 Å². The number of hydrogen-bond acceptors (Lipinski definition) is 3. The highest BCUT2D eigenvalue weighted by molar-refractivity contribution is 5.92. The molecule has 1 heterocycles. The summed E-state index contributed by atoms with van der Waals surface area (Å²) < 4.78 is 40.6. The molecule has 1 fully saturated rings. The van der Waals surface area contributed by atoms with E-state index in [1.807, 2.05) is 0 Å². The maximum absolute atomic E-state index is 13.7. The lowest BCUT2D eigenvalue weighted by atomic mass is 10.1. The van der Waals surface area contributed by atoms with Crippen LogP contribution in [0.15, 0.2) is 12.1 Å². The second-order valence-corrected chi connectivity index (χ2v) is 4.39. The molecule has 94 valence electrons. The summed E-state index contributed by atoms with van der Waals surface area (Å²) >= 11 is 0. The molecule has 3 nitrogen and oxygen atoms in total. The fraction of sp³-hybridized carbons (Fsp3) is 0.250. The minimum atomic E-state index is -1.25. The quantitative estimate of drug-likeness (QED) is 0.491. The maximum atomic E-state index is 13.7. The van der Waals surface area contributed by atoms with Crippen molar-refractivity contribution in [1.29, 1.82) is 0 Å². The summed E-state index contributed by atoms with van der Waals surface area (Å²) in [6.07, 6.45) is 1.89. The first-order valence-corrected chi connectivity index (χ1v) is 5.56. The average molecular weight is 253 g/mol. The van der Waals surface area contributed by atoms with Gasteiger partial charge in [-0.05, 0) is 18.9 Å². The van der Waals surface area contributed by atoms with Crippen LogP contribution in [0.1, 0.15) is 24.5 Å². The molecule has 0 radical (unpaired) electrons. The first-order chi connectivity index (χ1) is 8.61. The predicted octanol–water partition coefficient (Wildman–Crippen LogP) is 2.82. The van der Waals surface area contributed by atoms with Gasteiger partial charge in [-0.3, -0.25) is 5.84 Å². The summed E-state index contributed by atoms with van der Waals surface area (Å²) in [4.78, 5) is 4.02. The largest absolute Gasteiger partial charge is 0.323 e. The van der Waals surface area contributed by atoms with E-state index in [1.165, 1.54) is 0 Å². The Balaban J connectivity index is 2.38. The van der Waals surface area contributed by atoms with Gasteiger partial charge in [-0.1, -0.05) is 0 Å². The maximum Gasteiger partial charge on any atom is 0.185 e. The molecule has 18 heavy (non-hydrogen) atoms. The Morgan fingerprint density at radius 1 is 1.17 bits per heavy atom. The number of benzene rings is 1. The zero-order valence-corrected chi connectivity index (χ0v) is 9.30. The normalized spacial score (nSPS) is 15.1. The van der Waals surface area contributed by atoms with Gasteiger partial charge in [-0.2, -0.15) is 0 Å². The number of rotatable bonds is 2. The van der Waals surface area contributed by atoms with E-state index in [2.05, 4.69) is 10.4 Å². The molecule has 2 aromatic rings. The van der Waals surface area contributed by atoms with Crippen LogP contribution in [0, 0.1) is 17.5 Å². The minimum absolute atomic E-state index is 0.124. The van der Waals surface area contributed by atoms with Gasteiger partial charge in [0.25, 0.3) is 0 Å². The molecule has 1 aliphatic carbocycles. The zero-order valence-electron chi connectivity index (χ0n) is 9.30. The number of hydrogen-bond donors (Lipinski definition) is 2. The lowest BCUT2D eigenvalue weighted by molar-refractivity contribution is 0.504. The number of anilines is 1. The highest BCUT2D eigenvalue weighted by atomic mass is 19.2. The number of hydrazine groups is 1. The highest BCUT2D eigenvalue weighted by Gasteiger charge is 2.27. The molecule has 1 aromatic carbocycles. The van der Waals surface area contributed by atoms with Crippen LogP contribution in [0.3, 0.4) is 0 Å². The molecule has 0 bridgehead atoms. The molecule has 1 saturated carbocycles. The third-order valence-electron chi connectivity index (χ3n) is 3.10. The van der Waals surface area contributed by atoms with E-state index in [1.54, 1.807) is 6.07 Å². The van der Waals surface area contributed by atoms with E-state index >= 15 is 0 Å². The van der Waals surface area contributed by atoms with Gasteiger partial charge in [0, 0.05) is 17.7 Å². The zero-order chi connectivity index (χ0) is 12.9. The van der Waals surface area contributed by atoms with Crippen LogP contribution in [0.25, 0.3) is 10.9 Å². The molecule has 0 aliphatic heterocycles. The van der Waals surface area contributed by atoms with Gasteiger partial charge in [-0.15, -0.1) is 0 Å². The average Bonchev–Trinajstić information content (AvgIpc) is 3.18. The van der Waals surface area contributed by atoms with E-state index < -0.39 is 17.5 Å². The smallest absolute Gasteiger partial charge is 0.185 e. The van der Waals surface area contributed by atoms with Crippen molar-refractivity contribution in [1.82, 2.24) is 4.98 Å². The molecular weight excluding hydrogens is 243 g/mol. The first kappa shape index (κ1) is 11.3. The van der Waals surface area contributed by atoms with Crippen LogP contribution >= 0.6 is 0 Å². The van der Waals surface area contributed by atoms with Crippen molar-refractivity contribution in [3.05, 3.63) is 35.3 Å². The third kappa shape index (κ3) is 1.60. The Bertz CT molecular complexity index is 638. The summed E-state index contributed by atoms with van der Waals surface area (Å²) in [6.45, 7) is 0. The molecule has 0 unspecified atom stereocenters. The van der Waals surface area contributed by atoms with Crippen LogP contribution in [0.5, 0.6) is 0 Å². The summed E-state index contributed by atoms with van der Waals surface area (Å²) in [6, 6.07) is 2.08. The monoisotopic (exact) mass is 253 g/mol.